The van der Waals surface area contributed by atoms with E-state index in [2.05, 4.69) is 0 Å². The van der Waals surface area contributed by atoms with Gasteiger partial charge in [0.05, 0.1) is 16.4 Å². The molecule has 2 rings (SSSR count). The summed E-state index contributed by atoms with van der Waals surface area (Å²) >= 11 is 0. The van der Waals surface area contributed by atoms with Crippen LogP contribution in [0.5, 0.6) is 5.75 Å². The Kier molecular flexibility index (Phi) is 3.62. The van der Waals surface area contributed by atoms with Crippen LogP contribution in [0.1, 0.15) is 16.8 Å². The highest BCUT2D eigenvalue weighted by Crippen LogP contribution is 2.30. The Labute approximate surface area is 114 Å². The predicted molar refractivity (Wildman–Crippen MR) is 67.7 cm³/mol. The molecule has 0 bridgehead atoms. The van der Waals surface area contributed by atoms with Crippen LogP contribution in [0, 0.1) is 10.1 Å². The van der Waals surface area contributed by atoms with E-state index in [0.717, 1.165) is 6.07 Å². The maximum atomic E-state index is 11.3. The second-order valence-electron chi connectivity index (χ2n) is 4.36. The highest BCUT2D eigenvalue weighted by atomic mass is 32.2. The number of hydrogen-bond acceptors (Lipinski definition) is 6. The van der Waals surface area contributed by atoms with E-state index in [1.54, 1.807) is 0 Å². The summed E-state index contributed by atoms with van der Waals surface area (Å²) < 4.78 is 28.0. The number of aromatic carboxylic acids is 1. The molecule has 1 N–H and O–H groups in total. The Bertz CT molecular complexity index is 667. The second-order valence-corrected chi connectivity index (χ2v) is 6.58. The molecular formula is C11H11NO7S. The van der Waals surface area contributed by atoms with Gasteiger partial charge in [0.15, 0.2) is 15.4 Å². The maximum absolute atomic E-state index is 11.3. The minimum absolute atomic E-state index is 0.0327. The highest BCUT2D eigenvalue weighted by molar-refractivity contribution is 7.91. The van der Waals surface area contributed by atoms with Crippen LogP contribution < -0.4 is 4.74 Å². The van der Waals surface area contributed by atoms with Crippen molar-refractivity contribution in [3.63, 3.8) is 0 Å². The fourth-order valence-electron chi connectivity index (χ4n) is 2.02. The fraction of sp³-hybridized carbons (Fsp3) is 0.364. The first-order chi connectivity index (χ1) is 9.30. The van der Waals surface area contributed by atoms with Gasteiger partial charge in [-0.1, -0.05) is 6.07 Å². The first-order valence-corrected chi connectivity index (χ1v) is 7.50. The number of carboxylic acids is 1. The lowest BCUT2D eigenvalue weighted by Gasteiger charge is -2.13. The summed E-state index contributed by atoms with van der Waals surface area (Å²) in [7, 11) is -3.18. The van der Waals surface area contributed by atoms with E-state index in [9.17, 15) is 23.3 Å². The van der Waals surface area contributed by atoms with Crippen molar-refractivity contribution in [1.29, 1.82) is 0 Å². The lowest BCUT2D eigenvalue weighted by molar-refractivity contribution is -0.385. The van der Waals surface area contributed by atoms with Gasteiger partial charge in [0, 0.05) is 6.07 Å². The van der Waals surface area contributed by atoms with Crippen LogP contribution in [-0.2, 0) is 9.84 Å². The summed E-state index contributed by atoms with van der Waals surface area (Å²) in [5, 5.41) is 19.9. The number of sulfone groups is 1. The van der Waals surface area contributed by atoms with Crippen molar-refractivity contribution in [2.45, 2.75) is 12.5 Å². The molecule has 9 heteroatoms. The van der Waals surface area contributed by atoms with E-state index in [1.807, 2.05) is 0 Å². The Morgan fingerprint density at radius 2 is 2.15 bits per heavy atom. The van der Waals surface area contributed by atoms with E-state index in [1.165, 1.54) is 12.1 Å². The molecule has 0 amide bonds. The number of carbonyl (C=O) groups is 1. The predicted octanol–water partition coefficient (Wildman–Crippen LogP) is 0.859. The third-order valence-electron chi connectivity index (χ3n) is 2.90. The molecule has 1 fully saturated rings. The normalized spacial score (nSPS) is 20.5. The molecule has 1 heterocycles. The quantitative estimate of drug-likeness (QED) is 0.646. The molecule has 1 unspecified atom stereocenters. The average molecular weight is 301 g/mol. The molecule has 8 nitrogen and oxygen atoms in total. The summed E-state index contributed by atoms with van der Waals surface area (Å²) in [5.41, 5.74) is -1.15. The van der Waals surface area contributed by atoms with Gasteiger partial charge in [0.2, 0.25) is 0 Å². The topological polar surface area (TPSA) is 124 Å². The van der Waals surface area contributed by atoms with E-state index < -0.39 is 38.1 Å². The zero-order valence-corrected chi connectivity index (χ0v) is 11.0. The van der Waals surface area contributed by atoms with Crippen LogP contribution in [0.3, 0.4) is 0 Å². The first kappa shape index (κ1) is 14.3. The molecule has 1 aliphatic heterocycles. The maximum Gasteiger partial charge on any atom is 0.346 e. The monoisotopic (exact) mass is 301 g/mol. The Hall–Kier alpha value is -2.16. The molecule has 1 atom stereocenters. The Morgan fingerprint density at radius 3 is 2.65 bits per heavy atom. The van der Waals surface area contributed by atoms with Crippen LogP contribution >= 0.6 is 0 Å². The second kappa shape index (κ2) is 5.08. The van der Waals surface area contributed by atoms with Crippen molar-refractivity contribution in [2.75, 3.05) is 11.5 Å². The largest absolute Gasteiger partial charge is 0.488 e. The van der Waals surface area contributed by atoms with Crippen LogP contribution in [0.15, 0.2) is 18.2 Å². The molecular weight excluding hydrogens is 290 g/mol. The van der Waals surface area contributed by atoms with Gasteiger partial charge in [-0.25, -0.2) is 13.2 Å². The van der Waals surface area contributed by atoms with Crippen molar-refractivity contribution in [2.24, 2.45) is 0 Å². The van der Waals surface area contributed by atoms with E-state index in [-0.39, 0.29) is 23.7 Å². The SMILES string of the molecule is O=C(O)c1c(OC2CCS(=O)(=O)C2)cccc1[N+](=O)[O-]. The van der Waals surface area contributed by atoms with E-state index >= 15 is 0 Å². The van der Waals surface area contributed by atoms with Gasteiger partial charge in [0.25, 0.3) is 5.69 Å². The number of nitro benzene ring substituents is 1. The molecule has 0 aromatic heterocycles. The molecule has 1 aromatic carbocycles. The molecule has 0 spiro atoms. The molecule has 1 aromatic rings. The summed E-state index contributed by atoms with van der Waals surface area (Å²) in [6, 6.07) is 3.63. The van der Waals surface area contributed by atoms with Crippen LogP contribution in [0.25, 0.3) is 0 Å². The number of rotatable bonds is 4. The van der Waals surface area contributed by atoms with Crippen molar-refractivity contribution in [3.05, 3.63) is 33.9 Å². The van der Waals surface area contributed by atoms with E-state index in [0.29, 0.717) is 0 Å². The van der Waals surface area contributed by atoms with Gasteiger partial charge in [0.1, 0.15) is 11.9 Å². The highest BCUT2D eigenvalue weighted by Gasteiger charge is 2.32. The van der Waals surface area contributed by atoms with Crippen molar-refractivity contribution in [1.82, 2.24) is 0 Å². The molecule has 1 saturated heterocycles. The zero-order chi connectivity index (χ0) is 14.9. The Balaban J connectivity index is 2.35. The molecule has 0 saturated carbocycles. The average Bonchev–Trinajstić information content (AvgIpc) is 2.68. The number of hydrogen-bond donors (Lipinski definition) is 1. The van der Waals surface area contributed by atoms with Crippen molar-refractivity contribution in [3.8, 4) is 5.75 Å². The number of nitrogens with zero attached hydrogens (tertiary/aromatic N) is 1. The van der Waals surface area contributed by atoms with E-state index in [4.69, 9.17) is 9.84 Å². The minimum Gasteiger partial charge on any atom is -0.488 e. The minimum atomic E-state index is -3.18. The smallest absolute Gasteiger partial charge is 0.346 e. The van der Waals surface area contributed by atoms with Gasteiger partial charge in [-0.3, -0.25) is 10.1 Å². The number of ether oxygens (including phenoxy) is 1. The molecule has 0 radical (unpaired) electrons. The molecule has 1 aliphatic rings. The van der Waals surface area contributed by atoms with Gasteiger partial charge in [-0.15, -0.1) is 0 Å². The third kappa shape index (κ3) is 2.87. The third-order valence-corrected chi connectivity index (χ3v) is 4.64. The van der Waals surface area contributed by atoms with Gasteiger partial charge in [-0.05, 0) is 12.5 Å². The first-order valence-electron chi connectivity index (χ1n) is 5.68. The van der Waals surface area contributed by atoms with Crippen molar-refractivity contribution >= 4 is 21.5 Å². The van der Waals surface area contributed by atoms with Crippen LogP contribution in [0.2, 0.25) is 0 Å². The summed E-state index contributed by atoms with van der Waals surface area (Å²) in [6.45, 7) is 0. The van der Waals surface area contributed by atoms with Gasteiger partial charge in [-0.2, -0.15) is 0 Å². The standard InChI is InChI=1S/C11H11NO7S/c13-11(14)10-8(12(15)16)2-1-3-9(10)19-7-4-5-20(17,18)6-7/h1-3,7H,4-6H2,(H,13,14). The molecule has 0 aliphatic carbocycles. The number of benzene rings is 1. The van der Waals surface area contributed by atoms with Gasteiger partial charge >= 0.3 is 5.97 Å². The summed E-state index contributed by atoms with van der Waals surface area (Å²) in [6.07, 6.45) is -0.440. The lowest BCUT2D eigenvalue weighted by Crippen LogP contribution is -2.19. The van der Waals surface area contributed by atoms with Crippen molar-refractivity contribution < 1.29 is 28.0 Å². The number of nitro groups is 1. The zero-order valence-electron chi connectivity index (χ0n) is 10.2. The number of carboxylic acid groups (broad SMARTS) is 1. The molecule has 108 valence electrons. The molecule has 20 heavy (non-hydrogen) atoms. The summed E-state index contributed by atoms with van der Waals surface area (Å²) in [4.78, 5) is 21.1. The lowest BCUT2D eigenvalue weighted by atomic mass is 10.1. The Morgan fingerprint density at radius 1 is 1.45 bits per heavy atom. The summed E-state index contributed by atoms with van der Waals surface area (Å²) in [5.74, 6) is -1.93. The fourth-order valence-corrected chi connectivity index (χ4v) is 3.61. The van der Waals surface area contributed by atoms with Gasteiger partial charge < -0.3 is 9.84 Å². The van der Waals surface area contributed by atoms with Crippen LogP contribution in [0.4, 0.5) is 5.69 Å². The van der Waals surface area contributed by atoms with Crippen LogP contribution in [-0.4, -0.2) is 42.0 Å².